The Morgan fingerprint density at radius 3 is 2.71 bits per heavy atom. The van der Waals surface area contributed by atoms with Gasteiger partial charge in [-0.25, -0.2) is 9.78 Å². The van der Waals surface area contributed by atoms with E-state index >= 15 is 0 Å². The first-order valence-corrected chi connectivity index (χ1v) is 7.78. The van der Waals surface area contributed by atoms with Crippen LogP contribution in [0.3, 0.4) is 0 Å². The fraction of sp³-hybridized carbons (Fsp3) is 0.167. The topological polar surface area (TPSA) is 75.4 Å². The molecule has 1 fully saturated rings. The lowest BCUT2D eigenvalue weighted by Gasteiger charge is -2.41. The van der Waals surface area contributed by atoms with E-state index in [-0.39, 0.29) is 18.7 Å². The third-order valence-corrected chi connectivity index (χ3v) is 4.97. The lowest BCUT2D eigenvalue weighted by atomic mass is 9.99. The van der Waals surface area contributed by atoms with Gasteiger partial charge in [0.05, 0.1) is 16.7 Å². The quantitative estimate of drug-likeness (QED) is 0.748. The second kappa shape index (κ2) is 4.23. The number of carboxylic acid groups (broad SMARTS) is 1. The van der Waals surface area contributed by atoms with Gasteiger partial charge in [-0.1, -0.05) is 24.3 Å². The molecule has 0 aliphatic carbocycles. The van der Waals surface area contributed by atoms with Crippen LogP contribution in [0.4, 0.5) is 5.69 Å². The summed E-state index contributed by atoms with van der Waals surface area (Å²) in [5, 5.41) is 10.1. The fourth-order valence-corrected chi connectivity index (χ4v) is 3.99. The summed E-state index contributed by atoms with van der Waals surface area (Å²) >= 11 is 0. The number of carbonyl (C=O) groups is 2. The van der Waals surface area contributed by atoms with Crippen LogP contribution in [0.5, 0.6) is 0 Å². The van der Waals surface area contributed by atoms with E-state index in [9.17, 15) is 14.7 Å². The number of anilines is 1. The molecule has 1 N–H and O–H groups in total. The highest BCUT2D eigenvalue weighted by molar-refractivity contribution is 6.09. The van der Waals surface area contributed by atoms with Crippen molar-refractivity contribution in [1.82, 2.24) is 9.55 Å². The van der Waals surface area contributed by atoms with Gasteiger partial charge in [0.1, 0.15) is 5.82 Å². The summed E-state index contributed by atoms with van der Waals surface area (Å²) in [5.41, 5.74) is 1.40. The molecule has 0 radical (unpaired) electrons. The van der Waals surface area contributed by atoms with Crippen molar-refractivity contribution in [2.75, 3.05) is 4.90 Å². The van der Waals surface area contributed by atoms with Crippen LogP contribution in [0.1, 0.15) is 12.8 Å². The molecule has 24 heavy (non-hydrogen) atoms. The van der Waals surface area contributed by atoms with Gasteiger partial charge in [0.15, 0.2) is 0 Å². The maximum atomic E-state index is 12.6. The summed E-state index contributed by atoms with van der Waals surface area (Å²) < 4.78 is 1.72. The monoisotopic (exact) mass is 319 g/mol. The molecule has 2 aliphatic heterocycles. The molecular formula is C18H13N3O3. The summed E-state index contributed by atoms with van der Waals surface area (Å²) in [6.45, 7) is 0. The number of amides is 1. The highest BCUT2D eigenvalue weighted by atomic mass is 16.4. The number of hydrogen-bond donors (Lipinski definition) is 1. The second-order valence-electron chi connectivity index (χ2n) is 6.13. The minimum absolute atomic E-state index is 0.173. The number of para-hydroxylation sites is 3. The fourth-order valence-electron chi connectivity index (χ4n) is 3.99. The van der Waals surface area contributed by atoms with Crippen molar-refractivity contribution in [3.05, 3.63) is 48.5 Å². The maximum Gasteiger partial charge on any atom is 0.351 e. The lowest BCUT2D eigenvalue weighted by molar-refractivity contribution is -0.147. The van der Waals surface area contributed by atoms with Gasteiger partial charge in [-0.2, -0.15) is 0 Å². The van der Waals surface area contributed by atoms with Gasteiger partial charge in [0, 0.05) is 18.4 Å². The Morgan fingerprint density at radius 1 is 1.12 bits per heavy atom. The summed E-state index contributed by atoms with van der Waals surface area (Å²) in [6.07, 6.45) is 0.426. The summed E-state index contributed by atoms with van der Waals surface area (Å²) in [4.78, 5) is 31.1. The highest BCUT2D eigenvalue weighted by Crippen LogP contribution is 2.50. The van der Waals surface area contributed by atoms with Crippen molar-refractivity contribution in [2.24, 2.45) is 0 Å². The smallest absolute Gasteiger partial charge is 0.351 e. The molecular weight excluding hydrogens is 306 g/mol. The van der Waals surface area contributed by atoms with E-state index in [1.54, 1.807) is 10.6 Å². The van der Waals surface area contributed by atoms with Crippen molar-refractivity contribution < 1.29 is 14.7 Å². The van der Waals surface area contributed by atoms with Gasteiger partial charge in [-0.15, -0.1) is 0 Å². The molecule has 1 atom stereocenters. The van der Waals surface area contributed by atoms with Gasteiger partial charge in [0.25, 0.3) is 0 Å². The Morgan fingerprint density at radius 2 is 1.88 bits per heavy atom. The average Bonchev–Trinajstić information content (AvgIpc) is 3.14. The summed E-state index contributed by atoms with van der Waals surface area (Å²) in [5.74, 6) is -0.610. The molecule has 3 aromatic rings. The molecule has 0 saturated carbocycles. The highest BCUT2D eigenvalue weighted by Gasteiger charge is 2.58. The SMILES string of the molecule is O=C1CC[C@@]2(C(=O)O)N1c1ccccc1-c1nc3ccccc3n12. The number of imidazole rings is 1. The van der Waals surface area contributed by atoms with Crippen LogP contribution in [-0.4, -0.2) is 26.5 Å². The Balaban J connectivity index is 2.00. The van der Waals surface area contributed by atoms with Gasteiger partial charge in [-0.3, -0.25) is 14.3 Å². The largest absolute Gasteiger partial charge is 0.478 e. The van der Waals surface area contributed by atoms with Gasteiger partial charge in [0.2, 0.25) is 11.6 Å². The maximum absolute atomic E-state index is 12.6. The van der Waals surface area contributed by atoms with E-state index in [1.807, 2.05) is 42.5 Å². The third kappa shape index (κ3) is 1.34. The normalized spacial score (nSPS) is 21.5. The van der Waals surface area contributed by atoms with E-state index in [0.717, 1.165) is 16.6 Å². The zero-order chi connectivity index (χ0) is 16.5. The average molecular weight is 319 g/mol. The van der Waals surface area contributed by atoms with Crippen molar-refractivity contribution >= 4 is 28.6 Å². The van der Waals surface area contributed by atoms with Crippen LogP contribution in [-0.2, 0) is 15.3 Å². The van der Waals surface area contributed by atoms with Crippen LogP contribution in [0, 0.1) is 0 Å². The first kappa shape index (κ1) is 13.3. The molecule has 1 amide bonds. The van der Waals surface area contributed by atoms with Crippen molar-refractivity contribution in [1.29, 1.82) is 0 Å². The Bertz CT molecular complexity index is 1040. The molecule has 0 bridgehead atoms. The minimum Gasteiger partial charge on any atom is -0.478 e. The van der Waals surface area contributed by atoms with E-state index in [0.29, 0.717) is 11.5 Å². The van der Waals surface area contributed by atoms with Crippen LogP contribution in [0.25, 0.3) is 22.4 Å². The zero-order valence-electron chi connectivity index (χ0n) is 12.6. The van der Waals surface area contributed by atoms with Crippen LogP contribution >= 0.6 is 0 Å². The van der Waals surface area contributed by atoms with E-state index in [4.69, 9.17) is 0 Å². The number of aliphatic carboxylic acids is 1. The molecule has 118 valence electrons. The number of benzene rings is 2. The second-order valence-corrected chi connectivity index (χ2v) is 6.13. The van der Waals surface area contributed by atoms with Crippen molar-refractivity contribution in [3.63, 3.8) is 0 Å². The van der Waals surface area contributed by atoms with Crippen LogP contribution in [0.2, 0.25) is 0 Å². The number of rotatable bonds is 1. The number of carboxylic acids is 1. The molecule has 3 heterocycles. The molecule has 6 heteroatoms. The number of carbonyl (C=O) groups excluding carboxylic acids is 1. The van der Waals surface area contributed by atoms with Crippen molar-refractivity contribution in [3.8, 4) is 11.4 Å². The molecule has 0 spiro atoms. The van der Waals surface area contributed by atoms with Gasteiger partial charge in [-0.05, 0) is 24.3 Å². The number of hydrogen-bond acceptors (Lipinski definition) is 3. The first-order valence-electron chi connectivity index (χ1n) is 7.78. The van der Waals surface area contributed by atoms with Crippen LogP contribution < -0.4 is 4.90 Å². The number of nitrogens with zero attached hydrogens (tertiary/aromatic N) is 3. The Labute approximate surface area is 136 Å². The third-order valence-electron chi connectivity index (χ3n) is 4.97. The predicted octanol–water partition coefficient (Wildman–Crippen LogP) is 2.58. The standard InChI is InChI=1S/C18H13N3O3/c22-15-9-10-18(17(23)24)20(15)13-7-3-1-5-11(13)16-19-12-6-2-4-8-14(12)21(16)18/h1-8H,9-10H2,(H,23,24)/t18-/m1/s1. The van der Waals surface area contributed by atoms with Crippen molar-refractivity contribution in [2.45, 2.75) is 18.5 Å². The zero-order valence-corrected chi connectivity index (χ0v) is 12.6. The summed E-state index contributed by atoms with van der Waals surface area (Å²) in [7, 11) is 0. The Hall–Kier alpha value is -3.15. The molecule has 6 nitrogen and oxygen atoms in total. The first-order chi connectivity index (χ1) is 11.6. The number of aromatic nitrogens is 2. The minimum atomic E-state index is -1.45. The Kier molecular flexibility index (Phi) is 2.34. The predicted molar refractivity (Wildman–Crippen MR) is 87.5 cm³/mol. The molecule has 5 rings (SSSR count). The molecule has 1 saturated heterocycles. The summed E-state index contributed by atoms with van der Waals surface area (Å²) in [6, 6.07) is 14.8. The van der Waals surface area contributed by atoms with Gasteiger partial charge < -0.3 is 5.11 Å². The van der Waals surface area contributed by atoms with E-state index in [2.05, 4.69) is 4.98 Å². The van der Waals surface area contributed by atoms with E-state index < -0.39 is 11.6 Å². The molecule has 2 aromatic carbocycles. The van der Waals surface area contributed by atoms with E-state index in [1.165, 1.54) is 4.90 Å². The lowest BCUT2D eigenvalue weighted by Crippen LogP contribution is -2.56. The van der Waals surface area contributed by atoms with Gasteiger partial charge >= 0.3 is 5.97 Å². The number of fused-ring (bicyclic) bond motifs is 8. The molecule has 2 aliphatic rings. The molecule has 1 aromatic heterocycles. The van der Waals surface area contributed by atoms with Crippen LogP contribution in [0.15, 0.2) is 48.5 Å². The molecule has 0 unspecified atom stereocenters.